The van der Waals surface area contributed by atoms with Crippen LogP contribution in [0.4, 0.5) is 5.69 Å². The van der Waals surface area contributed by atoms with Crippen LogP contribution in [-0.2, 0) is 6.54 Å². The van der Waals surface area contributed by atoms with E-state index in [1.165, 1.54) is 28.1 Å². The molecule has 1 aliphatic heterocycles. The zero-order valence-corrected chi connectivity index (χ0v) is 19.5. The molecule has 1 aliphatic rings. The van der Waals surface area contributed by atoms with E-state index in [0.717, 1.165) is 38.5 Å². The molecule has 1 saturated heterocycles. The van der Waals surface area contributed by atoms with Crippen molar-refractivity contribution in [1.29, 1.82) is 0 Å². The number of rotatable bonds is 9. The highest BCUT2D eigenvalue weighted by Crippen LogP contribution is 2.17. The number of para-hydroxylation sites is 1. The van der Waals surface area contributed by atoms with Crippen LogP contribution < -0.4 is 20.5 Å². The van der Waals surface area contributed by atoms with Gasteiger partial charge in [-0.3, -0.25) is 14.5 Å². The predicted molar refractivity (Wildman–Crippen MR) is 133 cm³/mol. The van der Waals surface area contributed by atoms with Gasteiger partial charge in [0.15, 0.2) is 0 Å². The minimum Gasteiger partial charge on any atom is -0.492 e. The Morgan fingerprint density at radius 3 is 2.53 bits per heavy atom. The van der Waals surface area contributed by atoms with Crippen LogP contribution in [0.2, 0.25) is 0 Å². The lowest BCUT2D eigenvalue weighted by atomic mass is 10.2. The van der Waals surface area contributed by atoms with Crippen LogP contribution in [0.1, 0.15) is 16.1 Å². The van der Waals surface area contributed by atoms with Crippen molar-refractivity contribution < 1.29 is 9.53 Å². The van der Waals surface area contributed by atoms with Crippen molar-refractivity contribution in [3.63, 3.8) is 0 Å². The van der Waals surface area contributed by atoms with Crippen LogP contribution in [-0.4, -0.2) is 66.5 Å². The van der Waals surface area contributed by atoms with Crippen LogP contribution in [0.3, 0.4) is 0 Å². The molecule has 1 N–H and O–H groups in total. The van der Waals surface area contributed by atoms with Gasteiger partial charge in [0.1, 0.15) is 18.1 Å². The average Bonchev–Trinajstić information content (AvgIpc) is 2.86. The van der Waals surface area contributed by atoms with E-state index in [-0.39, 0.29) is 30.3 Å². The van der Waals surface area contributed by atoms with Crippen molar-refractivity contribution in [3.05, 3.63) is 88.3 Å². The first-order chi connectivity index (χ1) is 16.6. The summed E-state index contributed by atoms with van der Waals surface area (Å²) in [6, 6.07) is 20.8. The summed E-state index contributed by atoms with van der Waals surface area (Å²) in [4.78, 5) is 29.4. The third kappa shape index (κ3) is 6.45. The lowest BCUT2D eigenvalue weighted by Crippen LogP contribution is -2.48. The van der Waals surface area contributed by atoms with Gasteiger partial charge in [0.25, 0.3) is 11.5 Å². The summed E-state index contributed by atoms with van der Waals surface area (Å²) in [5.74, 6) is 0.445. The predicted octanol–water partition coefficient (Wildman–Crippen LogP) is 2.18. The lowest BCUT2D eigenvalue weighted by Gasteiger charge is -2.36. The second-order valence-electron chi connectivity index (χ2n) is 8.37. The van der Waals surface area contributed by atoms with Gasteiger partial charge < -0.3 is 15.0 Å². The molecule has 2 heterocycles. The highest BCUT2D eigenvalue weighted by molar-refractivity contribution is 5.91. The van der Waals surface area contributed by atoms with E-state index in [0.29, 0.717) is 6.54 Å². The SMILES string of the molecule is Cc1cccc(N2CCN(CCNC(=O)c3ccc(=O)n(CCOc4ccccc4)n3)CC2)c1. The summed E-state index contributed by atoms with van der Waals surface area (Å²) < 4.78 is 6.90. The third-order valence-corrected chi connectivity index (χ3v) is 5.87. The molecule has 2 aromatic carbocycles. The first-order valence-corrected chi connectivity index (χ1v) is 11.7. The van der Waals surface area contributed by atoms with Gasteiger partial charge in [0, 0.05) is 51.0 Å². The molecule has 8 nitrogen and oxygen atoms in total. The fourth-order valence-corrected chi connectivity index (χ4v) is 3.97. The molecule has 0 aliphatic carbocycles. The Labute approximate surface area is 199 Å². The van der Waals surface area contributed by atoms with Gasteiger partial charge in [0.2, 0.25) is 0 Å². The summed E-state index contributed by atoms with van der Waals surface area (Å²) in [7, 11) is 0. The number of piperazine rings is 1. The van der Waals surface area contributed by atoms with Crippen molar-refractivity contribution in [3.8, 4) is 5.75 Å². The van der Waals surface area contributed by atoms with Crippen molar-refractivity contribution in [1.82, 2.24) is 20.0 Å². The van der Waals surface area contributed by atoms with E-state index in [4.69, 9.17) is 4.74 Å². The Morgan fingerprint density at radius 1 is 0.971 bits per heavy atom. The average molecular weight is 462 g/mol. The van der Waals surface area contributed by atoms with Gasteiger partial charge in [-0.05, 0) is 42.8 Å². The zero-order valence-electron chi connectivity index (χ0n) is 19.5. The quantitative estimate of drug-likeness (QED) is 0.526. The van der Waals surface area contributed by atoms with Crippen LogP contribution in [0.15, 0.2) is 71.5 Å². The van der Waals surface area contributed by atoms with Gasteiger partial charge in [-0.15, -0.1) is 0 Å². The molecule has 4 rings (SSSR count). The molecule has 0 atom stereocenters. The minimum atomic E-state index is -0.281. The molecule has 0 saturated carbocycles. The first kappa shape index (κ1) is 23.5. The summed E-state index contributed by atoms with van der Waals surface area (Å²) in [5, 5.41) is 7.13. The molecular formula is C26H31N5O3. The lowest BCUT2D eigenvalue weighted by molar-refractivity contribution is 0.0939. The monoisotopic (exact) mass is 461 g/mol. The van der Waals surface area contributed by atoms with Crippen LogP contribution in [0.25, 0.3) is 0 Å². The van der Waals surface area contributed by atoms with E-state index in [1.807, 2.05) is 30.3 Å². The van der Waals surface area contributed by atoms with Gasteiger partial charge in [0.05, 0.1) is 6.54 Å². The molecule has 1 aromatic heterocycles. The molecule has 1 amide bonds. The maximum Gasteiger partial charge on any atom is 0.271 e. The smallest absolute Gasteiger partial charge is 0.271 e. The Morgan fingerprint density at radius 2 is 1.76 bits per heavy atom. The Hall–Kier alpha value is -3.65. The van der Waals surface area contributed by atoms with Crippen molar-refractivity contribution in [2.75, 3.05) is 50.8 Å². The summed E-state index contributed by atoms with van der Waals surface area (Å²) in [5.41, 5.74) is 2.50. The first-order valence-electron chi connectivity index (χ1n) is 11.7. The van der Waals surface area contributed by atoms with Crippen LogP contribution in [0.5, 0.6) is 5.75 Å². The highest BCUT2D eigenvalue weighted by atomic mass is 16.5. The third-order valence-electron chi connectivity index (χ3n) is 5.87. The van der Waals surface area contributed by atoms with Crippen molar-refractivity contribution >= 4 is 11.6 Å². The number of aryl methyl sites for hydroxylation is 1. The van der Waals surface area contributed by atoms with E-state index < -0.39 is 0 Å². The number of nitrogens with one attached hydrogen (secondary N) is 1. The standard InChI is InChI=1S/C26H31N5O3/c1-21-6-5-7-22(20-21)30-16-14-29(15-17-30)13-12-27-26(33)24-10-11-25(32)31(28-24)18-19-34-23-8-3-2-4-9-23/h2-11,20H,12-19H2,1H3,(H,27,33). The molecule has 34 heavy (non-hydrogen) atoms. The number of aromatic nitrogens is 2. The molecule has 1 fully saturated rings. The number of benzene rings is 2. The minimum absolute atomic E-state index is 0.226. The molecule has 0 spiro atoms. The summed E-state index contributed by atoms with van der Waals surface area (Å²) in [6.45, 7) is 7.81. The molecule has 3 aromatic rings. The second-order valence-corrected chi connectivity index (χ2v) is 8.37. The topological polar surface area (TPSA) is 79.7 Å². The number of ether oxygens (including phenoxy) is 1. The van der Waals surface area contributed by atoms with E-state index in [9.17, 15) is 9.59 Å². The largest absolute Gasteiger partial charge is 0.492 e. The molecule has 0 bridgehead atoms. The second kappa shape index (κ2) is 11.5. The molecule has 0 unspecified atom stereocenters. The normalized spacial score (nSPS) is 14.1. The van der Waals surface area contributed by atoms with E-state index in [1.54, 1.807) is 0 Å². The fourth-order valence-electron chi connectivity index (χ4n) is 3.97. The number of nitrogens with zero attached hydrogens (tertiary/aromatic N) is 4. The number of anilines is 1. The number of carbonyl (C=O) groups is 1. The van der Waals surface area contributed by atoms with Gasteiger partial charge in [-0.2, -0.15) is 5.10 Å². The Balaban J connectivity index is 1.21. The van der Waals surface area contributed by atoms with Crippen LogP contribution >= 0.6 is 0 Å². The number of amides is 1. The summed E-state index contributed by atoms with van der Waals surface area (Å²) in [6.07, 6.45) is 0. The molecule has 178 valence electrons. The Kier molecular flexibility index (Phi) is 7.93. The molecule has 0 radical (unpaired) electrons. The number of carbonyl (C=O) groups excluding carboxylic acids is 1. The van der Waals surface area contributed by atoms with Crippen LogP contribution in [0, 0.1) is 6.92 Å². The van der Waals surface area contributed by atoms with Crippen molar-refractivity contribution in [2.45, 2.75) is 13.5 Å². The van der Waals surface area contributed by atoms with Gasteiger partial charge >= 0.3 is 0 Å². The van der Waals surface area contributed by atoms with Gasteiger partial charge in [-0.25, -0.2) is 4.68 Å². The summed E-state index contributed by atoms with van der Waals surface area (Å²) >= 11 is 0. The maximum atomic E-state index is 12.6. The van der Waals surface area contributed by atoms with E-state index >= 15 is 0 Å². The molecular weight excluding hydrogens is 430 g/mol. The number of hydrogen-bond acceptors (Lipinski definition) is 6. The zero-order chi connectivity index (χ0) is 23.8. The maximum absolute atomic E-state index is 12.6. The number of hydrogen-bond donors (Lipinski definition) is 1. The van der Waals surface area contributed by atoms with Gasteiger partial charge in [-0.1, -0.05) is 30.3 Å². The van der Waals surface area contributed by atoms with E-state index in [2.05, 4.69) is 51.4 Å². The fraction of sp³-hybridized carbons (Fsp3) is 0.346. The van der Waals surface area contributed by atoms with Crippen molar-refractivity contribution in [2.24, 2.45) is 0 Å². The Bertz CT molecular complexity index is 1140. The molecule has 8 heteroatoms. The highest BCUT2D eigenvalue weighted by Gasteiger charge is 2.17.